The highest BCUT2D eigenvalue weighted by Gasteiger charge is 2.49. The molecule has 0 amide bonds. The Morgan fingerprint density at radius 2 is 2.12 bits per heavy atom. The van der Waals surface area contributed by atoms with Gasteiger partial charge in [-0.15, -0.1) is 0 Å². The minimum Gasteiger partial charge on any atom is -0.338 e. The first-order valence-electron chi connectivity index (χ1n) is 8.78. The van der Waals surface area contributed by atoms with Gasteiger partial charge in [0.2, 0.25) is 11.7 Å². The van der Waals surface area contributed by atoms with Gasteiger partial charge in [-0.2, -0.15) is 4.98 Å². The molecule has 122 valence electrons. The predicted octanol–water partition coefficient (Wildman–Crippen LogP) is 3.46. The van der Waals surface area contributed by atoms with Crippen molar-refractivity contribution in [1.29, 1.82) is 0 Å². The molecule has 0 bridgehead atoms. The molecule has 3 heterocycles. The first kappa shape index (κ1) is 14.1. The van der Waals surface area contributed by atoms with Gasteiger partial charge in [0.25, 0.3) is 0 Å². The van der Waals surface area contributed by atoms with E-state index in [0.29, 0.717) is 11.9 Å². The molecule has 2 fully saturated rings. The van der Waals surface area contributed by atoms with Crippen LogP contribution in [0.5, 0.6) is 0 Å². The molecule has 1 aliphatic carbocycles. The van der Waals surface area contributed by atoms with Gasteiger partial charge in [0.05, 0.1) is 10.9 Å². The first-order chi connectivity index (χ1) is 11.9. The average Bonchev–Trinajstić information content (AvgIpc) is 3.29. The summed E-state index contributed by atoms with van der Waals surface area (Å²) in [6.45, 7) is 1.04. The minimum absolute atomic E-state index is 0.0341. The SMILES string of the molecule is c1cc(-c2noc([C@@]34CCCC[C@@H]3NCC4)n2)c2cccnc2c1. The maximum Gasteiger partial charge on any atom is 0.234 e. The lowest BCUT2D eigenvalue weighted by molar-refractivity contribution is 0.199. The Labute approximate surface area is 140 Å². The van der Waals surface area contributed by atoms with Crippen molar-refractivity contribution in [2.75, 3.05) is 6.54 Å². The van der Waals surface area contributed by atoms with E-state index in [1.54, 1.807) is 0 Å². The zero-order valence-corrected chi connectivity index (χ0v) is 13.5. The molecule has 1 aliphatic heterocycles. The van der Waals surface area contributed by atoms with Gasteiger partial charge < -0.3 is 9.84 Å². The highest BCUT2D eigenvalue weighted by Crippen LogP contribution is 2.45. The van der Waals surface area contributed by atoms with Crippen LogP contribution in [0, 0.1) is 0 Å². The van der Waals surface area contributed by atoms with Crippen LogP contribution in [-0.4, -0.2) is 27.7 Å². The van der Waals surface area contributed by atoms with Gasteiger partial charge >= 0.3 is 0 Å². The van der Waals surface area contributed by atoms with Crippen molar-refractivity contribution in [2.24, 2.45) is 0 Å². The molecule has 5 rings (SSSR count). The van der Waals surface area contributed by atoms with Crippen molar-refractivity contribution in [1.82, 2.24) is 20.4 Å². The van der Waals surface area contributed by atoms with E-state index in [-0.39, 0.29) is 5.41 Å². The maximum absolute atomic E-state index is 5.79. The van der Waals surface area contributed by atoms with E-state index in [1.807, 2.05) is 30.5 Å². The molecule has 0 radical (unpaired) electrons. The Morgan fingerprint density at radius 1 is 1.12 bits per heavy atom. The molecule has 1 N–H and O–H groups in total. The van der Waals surface area contributed by atoms with Gasteiger partial charge in [-0.3, -0.25) is 4.98 Å². The van der Waals surface area contributed by atoms with E-state index in [2.05, 4.69) is 21.5 Å². The molecule has 1 aromatic carbocycles. The quantitative estimate of drug-likeness (QED) is 0.783. The van der Waals surface area contributed by atoms with E-state index in [9.17, 15) is 0 Å². The number of benzene rings is 1. The van der Waals surface area contributed by atoms with Gasteiger partial charge in [0.1, 0.15) is 0 Å². The second-order valence-electron chi connectivity index (χ2n) is 6.96. The summed E-state index contributed by atoms with van der Waals surface area (Å²) >= 11 is 0. The second kappa shape index (κ2) is 5.38. The van der Waals surface area contributed by atoms with Gasteiger partial charge in [-0.05, 0) is 37.9 Å². The number of pyridine rings is 1. The summed E-state index contributed by atoms with van der Waals surface area (Å²) in [5, 5.41) is 9.03. The van der Waals surface area contributed by atoms with Crippen LogP contribution < -0.4 is 5.32 Å². The fourth-order valence-corrected chi connectivity index (χ4v) is 4.50. The molecule has 2 aliphatic rings. The van der Waals surface area contributed by atoms with Crippen LogP contribution in [-0.2, 0) is 5.41 Å². The molecule has 5 nitrogen and oxygen atoms in total. The summed E-state index contributed by atoms with van der Waals surface area (Å²) < 4.78 is 5.79. The summed E-state index contributed by atoms with van der Waals surface area (Å²) in [7, 11) is 0. The number of aromatic nitrogens is 3. The standard InChI is InChI=1S/C19H20N4O/c1-2-9-19(10-12-21-16(19)8-1)18-22-17(23-24-18)14-5-3-7-15-13(14)6-4-11-20-15/h3-7,11,16,21H,1-2,8-10,12H2/t16-,19+/m0/s1. The Morgan fingerprint density at radius 3 is 3.12 bits per heavy atom. The molecule has 0 spiro atoms. The second-order valence-corrected chi connectivity index (χ2v) is 6.96. The average molecular weight is 320 g/mol. The highest BCUT2D eigenvalue weighted by atomic mass is 16.5. The van der Waals surface area contributed by atoms with Gasteiger partial charge in [-0.25, -0.2) is 0 Å². The zero-order chi connectivity index (χ0) is 16.0. The molecular weight excluding hydrogens is 300 g/mol. The van der Waals surface area contributed by atoms with Crippen molar-refractivity contribution < 1.29 is 4.52 Å². The molecule has 1 saturated carbocycles. The highest BCUT2D eigenvalue weighted by molar-refractivity contribution is 5.92. The van der Waals surface area contributed by atoms with Crippen LogP contribution in [0.15, 0.2) is 41.1 Å². The fraction of sp³-hybridized carbons (Fsp3) is 0.421. The van der Waals surface area contributed by atoms with Crippen molar-refractivity contribution in [3.05, 3.63) is 42.4 Å². The fourth-order valence-electron chi connectivity index (χ4n) is 4.50. The Kier molecular flexibility index (Phi) is 3.16. The monoisotopic (exact) mass is 320 g/mol. The normalized spacial score (nSPS) is 26.6. The Balaban J connectivity index is 1.60. The van der Waals surface area contributed by atoms with Crippen LogP contribution in [0.2, 0.25) is 0 Å². The lowest BCUT2D eigenvalue weighted by Gasteiger charge is -2.35. The van der Waals surface area contributed by atoms with Crippen LogP contribution in [0.4, 0.5) is 0 Å². The van der Waals surface area contributed by atoms with Crippen molar-refractivity contribution in [3.63, 3.8) is 0 Å². The smallest absolute Gasteiger partial charge is 0.234 e. The molecule has 3 aromatic rings. The first-order valence-corrected chi connectivity index (χ1v) is 8.78. The van der Waals surface area contributed by atoms with E-state index in [1.165, 1.54) is 19.3 Å². The van der Waals surface area contributed by atoms with Gasteiger partial charge in [0.15, 0.2) is 0 Å². The number of hydrogen-bond donors (Lipinski definition) is 1. The predicted molar refractivity (Wildman–Crippen MR) is 91.6 cm³/mol. The van der Waals surface area contributed by atoms with Crippen molar-refractivity contribution in [2.45, 2.75) is 43.6 Å². The van der Waals surface area contributed by atoms with Gasteiger partial charge in [0, 0.05) is 23.2 Å². The topological polar surface area (TPSA) is 63.8 Å². The number of nitrogens with one attached hydrogen (secondary N) is 1. The van der Waals surface area contributed by atoms with Crippen LogP contribution >= 0.6 is 0 Å². The molecule has 24 heavy (non-hydrogen) atoms. The molecule has 2 aromatic heterocycles. The molecule has 5 heteroatoms. The largest absolute Gasteiger partial charge is 0.338 e. The summed E-state index contributed by atoms with van der Waals surface area (Å²) in [6, 6.07) is 10.5. The third-order valence-electron chi connectivity index (χ3n) is 5.73. The Bertz CT molecular complexity index is 884. The molecule has 0 unspecified atom stereocenters. The maximum atomic E-state index is 5.79. The van der Waals surface area contributed by atoms with E-state index in [4.69, 9.17) is 9.51 Å². The number of fused-ring (bicyclic) bond motifs is 2. The van der Waals surface area contributed by atoms with E-state index < -0.39 is 0 Å². The Hall–Kier alpha value is -2.27. The van der Waals surface area contributed by atoms with E-state index >= 15 is 0 Å². The van der Waals surface area contributed by atoms with Crippen molar-refractivity contribution >= 4 is 10.9 Å². The van der Waals surface area contributed by atoms with Crippen LogP contribution in [0.25, 0.3) is 22.3 Å². The van der Waals surface area contributed by atoms with Crippen LogP contribution in [0.1, 0.15) is 38.0 Å². The third kappa shape index (κ3) is 2.01. The number of rotatable bonds is 2. The summed E-state index contributed by atoms with van der Waals surface area (Å²) in [5.41, 5.74) is 1.98. The lowest BCUT2D eigenvalue weighted by atomic mass is 9.70. The minimum atomic E-state index is 0.0341. The zero-order valence-electron chi connectivity index (χ0n) is 13.5. The molecule has 1 saturated heterocycles. The van der Waals surface area contributed by atoms with Crippen LogP contribution in [0.3, 0.4) is 0 Å². The number of nitrogens with zero attached hydrogens (tertiary/aromatic N) is 3. The van der Waals surface area contributed by atoms with Crippen molar-refractivity contribution in [3.8, 4) is 11.4 Å². The summed E-state index contributed by atoms with van der Waals surface area (Å²) in [5.74, 6) is 1.49. The lowest BCUT2D eigenvalue weighted by Crippen LogP contribution is -2.43. The van der Waals surface area contributed by atoms with E-state index in [0.717, 1.165) is 41.7 Å². The number of hydrogen-bond acceptors (Lipinski definition) is 5. The third-order valence-corrected chi connectivity index (χ3v) is 5.73. The molecular formula is C19H20N4O. The summed E-state index contributed by atoms with van der Waals surface area (Å²) in [4.78, 5) is 9.26. The van der Waals surface area contributed by atoms with Gasteiger partial charge in [-0.1, -0.05) is 36.2 Å². The summed E-state index contributed by atoms with van der Waals surface area (Å²) in [6.07, 6.45) is 7.78. The molecule has 2 atom stereocenters.